The molecule has 0 aromatic heterocycles. The zero-order chi connectivity index (χ0) is 17.0. The van der Waals surface area contributed by atoms with E-state index < -0.39 is 22.5 Å². The number of non-ortho nitro benzene ring substituents is 1. The van der Waals surface area contributed by atoms with Gasteiger partial charge in [-0.05, 0) is 25.5 Å². The molecule has 7 heteroatoms. The average molecular weight is 319 g/mol. The van der Waals surface area contributed by atoms with Gasteiger partial charge < -0.3 is 9.47 Å². The minimum absolute atomic E-state index is 0.125. The summed E-state index contributed by atoms with van der Waals surface area (Å²) in [7, 11) is 1.25. The molecule has 1 aliphatic rings. The minimum atomic E-state index is -1.34. The van der Waals surface area contributed by atoms with Crippen molar-refractivity contribution in [1.82, 2.24) is 0 Å². The van der Waals surface area contributed by atoms with Gasteiger partial charge in [-0.1, -0.05) is 11.6 Å². The van der Waals surface area contributed by atoms with Gasteiger partial charge >= 0.3 is 11.9 Å². The molecule has 7 nitrogen and oxygen atoms in total. The van der Waals surface area contributed by atoms with E-state index in [1.807, 2.05) is 13.0 Å². The van der Waals surface area contributed by atoms with Crippen molar-refractivity contribution >= 4 is 17.6 Å². The largest absolute Gasteiger partial charge is 0.466 e. The number of ether oxygens (including phenoxy) is 2. The third-order valence-corrected chi connectivity index (χ3v) is 3.86. The summed E-state index contributed by atoms with van der Waals surface area (Å²) in [6.07, 6.45) is 3.08. The molecule has 0 fully saturated rings. The maximum absolute atomic E-state index is 12.3. The third kappa shape index (κ3) is 3.56. The van der Waals surface area contributed by atoms with Crippen LogP contribution in [0, 0.1) is 10.1 Å². The van der Waals surface area contributed by atoms with Crippen LogP contribution in [0.15, 0.2) is 35.9 Å². The van der Waals surface area contributed by atoms with Crippen LogP contribution in [0.2, 0.25) is 0 Å². The van der Waals surface area contributed by atoms with Crippen LogP contribution in [-0.2, 0) is 14.3 Å². The molecule has 0 saturated carbocycles. The minimum Gasteiger partial charge on any atom is -0.466 e. The molecule has 0 bridgehead atoms. The first-order chi connectivity index (χ1) is 10.9. The van der Waals surface area contributed by atoms with Gasteiger partial charge in [0, 0.05) is 25.0 Å². The Morgan fingerprint density at radius 3 is 2.39 bits per heavy atom. The monoisotopic (exact) mass is 319 g/mol. The van der Waals surface area contributed by atoms with E-state index in [4.69, 9.17) is 9.47 Å². The van der Waals surface area contributed by atoms with E-state index in [0.29, 0.717) is 12.8 Å². The van der Waals surface area contributed by atoms with Crippen LogP contribution in [0.1, 0.15) is 36.5 Å². The molecule has 0 radical (unpaired) electrons. The fourth-order valence-corrected chi connectivity index (χ4v) is 2.40. The van der Waals surface area contributed by atoms with E-state index in [1.54, 1.807) is 0 Å². The zero-order valence-corrected chi connectivity index (χ0v) is 12.9. The van der Waals surface area contributed by atoms with Crippen molar-refractivity contribution in [2.45, 2.75) is 31.8 Å². The lowest BCUT2D eigenvalue weighted by Crippen LogP contribution is -2.45. The van der Waals surface area contributed by atoms with E-state index in [9.17, 15) is 19.7 Å². The Morgan fingerprint density at radius 1 is 1.26 bits per heavy atom. The van der Waals surface area contributed by atoms with Gasteiger partial charge in [-0.25, -0.2) is 9.59 Å². The molecule has 0 N–H and O–H groups in total. The van der Waals surface area contributed by atoms with Crippen molar-refractivity contribution in [2.24, 2.45) is 0 Å². The molecule has 1 aromatic carbocycles. The number of nitro benzene ring substituents is 1. The smallest absolute Gasteiger partial charge is 0.350 e. The summed E-state index contributed by atoms with van der Waals surface area (Å²) in [5.74, 6) is -1.31. The van der Waals surface area contributed by atoms with Gasteiger partial charge in [-0.15, -0.1) is 0 Å². The number of carbonyl (C=O) groups excluding carboxylic acids is 2. The molecular weight excluding hydrogens is 302 g/mol. The highest BCUT2D eigenvalue weighted by Gasteiger charge is 2.44. The number of nitrogens with zero attached hydrogens (tertiary/aromatic N) is 1. The normalized spacial score (nSPS) is 20.3. The lowest BCUT2D eigenvalue weighted by molar-refractivity contribution is -0.384. The number of rotatable bonds is 4. The second-order valence-corrected chi connectivity index (χ2v) is 5.43. The van der Waals surface area contributed by atoms with Crippen molar-refractivity contribution in [3.63, 3.8) is 0 Å². The van der Waals surface area contributed by atoms with Gasteiger partial charge in [-0.3, -0.25) is 10.1 Å². The van der Waals surface area contributed by atoms with E-state index in [1.165, 1.54) is 31.4 Å². The highest BCUT2D eigenvalue weighted by atomic mass is 16.6. The number of benzene rings is 1. The summed E-state index contributed by atoms with van der Waals surface area (Å²) in [4.78, 5) is 34.4. The molecule has 0 aliphatic heterocycles. The zero-order valence-electron chi connectivity index (χ0n) is 12.9. The van der Waals surface area contributed by atoms with Crippen molar-refractivity contribution < 1.29 is 24.0 Å². The maximum Gasteiger partial charge on any atom is 0.350 e. The second-order valence-electron chi connectivity index (χ2n) is 5.43. The number of nitro groups is 1. The molecule has 0 spiro atoms. The molecule has 1 unspecified atom stereocenters. The van der Waals surface area contributed by atoms with Gasteiger partial charge in [0.05, 0.1) is 17.6 Å². The van der Waals surface area contributed by atoms with Crippen molar-refractivity contribution in [3.05, 3.63) is 51.6 Å². The topological polar surface area (TPSA) is 95.7 Å². The summed E-state index contributed by atoms with van der Waals surface area (Å²) in [5.41, 5.74) is -0.200. The Hall–Kier alpha value is -2.70. The van der Waals surface area contributed by atoms with Crippen LogP contribution in [0.25, 0.3) is 0 Å². The predicted octanol–water partition coefficient (Wildman–Crippen LogP) is 2.79. The van der Waals surface area contributed by atoms with Crippen LogP contribution >= 0.6 is 0 Å². The summed E-state index contributed by atoms with van der Waals surface area (Å²) in [6.45, 7) is 1.94. The summed E-state index contributed by atoms with van der Waals surface area (Å²) in [6, 6.07) is 5.03. The lowest BCUT2D eigenvalue weighted by atomic mass is 9.85. The first kappa shape index (κ1) is 16.7. The number of esters is 2. The van der Waals surface area contributed by atoms with Gasteiger partial charge in [0.15, 0.2) is 0 Å². The van der Waals surface area contributed by atoms with E-state index in [-0.39, 0.29) is 17.7 Å². The van der Waals surface area contributed by atoms with Crippen LogP contribution < -0.4 is 0 Å². The average Bonchev–Trinajstić information content (AvgIpc) is 2.56. The van der Waals surface area contributed by atoms with Gasteiger partial charge in [-0.2, -0.15) is 0 Å². The summed E-state index contributed by atoms with van der Waals surface area (Å²) < 4.78 is 10.2. The van der Waals surface area contributed by atoms with E-state index in [0.717, 1.165) is 5.57 Å². The first-order valence-corrected chi connectivity index (χ1v) is 7.10. The number of carbonyl (C=O) groups is 2. The predicted molar refractivity (Wildman–Crippen MR) is 80.9 cm³/mol. The molecule has 1 atom stereocenters. The summed E-state index contributed by atoms with van der Waals surface area (Å²) >= 11 is 0. The van der Waals surface area contributed by atoms with Crippen molar-refractivity contribution in [1.29, 1.82) is 0 Å². The Bertz CT molecular complexity index is 664. The van der Waals surface area contributed by atoms with Gasteiger partial charge in [0.2, 0.25) is 5.60 Å². The molecule has 1 aliphatic carbocycles. The molecule has 2 rings (SSSR count). The van der Waals surface area contributed by atoms with Gasteiger partial charge in [0.25, 0.3) is 5.69 Å². The summed E-state index contributed by atoms with van der Waals surface area (Å²) in [5, 5.41) is 10.6. The van der Waals surface area contributed by atoms with Crippen LogP contribution in [0.3, 0.4) is 0 Å². The molecule has 23 heavy (non-hydrogen) atoms. The first-order valence-electron chi connectivity index (χ1n) is 7.10. The molecule has 1 aromatic rings. The number of methoxy groups -OCH3 is 1. The van der Waals surface area contributed by atoms with Crippen molar-refractivity contribution in [3.8, 4) is 0 Å². The maximum atomic E-state index is 12.3. The molecule has 122 valence electrons. The lowest BCUT2D eigenvalue weighted by Gasteiger charge is -2.32. The standard InChI is InChI=1S/C16H17NO6/c1-11-7-9-16(10-8-11,15(19)22-2)23-14(18)12-3-5-13(6-4-12)17(20)21/h3-7H,8-10H2,1-2H3. The van der Waals surface area contributed by atoms with Crippen LogP contribution in [0.5, 0.6) is 0 Å². The second kappa shape index (κ2) is 6.60. The van der Waals surface area contributed by atoms with Crippen LogP contribution in [-0.4, -0.2) is 29.6 Å². The number of hydrogen-bond donors (Lipinski definition) is 0. The van der Waals surface area contributed by atoms with Crippen molar-refractivity contribution in [2.75, 3.05) is 7.11 Å². The molecule has 0 amide bonds. The number of allylic oxidation sites excluding steroid dienone is 1. The van der Waals surface area contributed by atoms with E-state index in [2.05, 4.69) is 0 Å². The fourth-order valence-electron chi connectivity index (χ4n) is 2.40. The third-order valence-electron chi connectivity index (χ3n) is 3.86. The van der Waals surface area contributed by atoms with Gasteiger partial charge in [0.1, 0.15) is 0 Å². The molecule has 0 saturated heterocycles. The quantitative estimate of drug-likeness (QED) is 0.366. The fraction of sp³-hybridized carbons (Fsp3) is 0.375. The Labute approximate surface area is 133 Å². The highest BCUT2D eigenvalue weighted by molar-refractivity contribution is 5.93. The van der Waals surface area contributed by atoms with Crippen LogP contribution in [0.4, 0.5) is 5.69 Å². The Balaban J connectivity index is 2.21. The number of hydrogen-bond acceptors (Lipinski definition) is 6. The highest BCUT2D eigenvalue weighted by Crippen LogP contribution is 2.33. The molecule has 0 heterocycles. The Kier molecular flexibility index (Phi) is 4.78. The Morgan fingerprint density at radius 2 is 1.91 bits per heavy atom. The molecular formula is C16H17NO6. The van der Waals surface area contributed by atoms with E-state index >= 15 is 0 Å². The SMILES string of the molecule is COC(=O)C1(OC(=O)c2ccc([N+](=O)[O-])cc2)CC=C(C)CC1.